The Balaban J connectivity index is 2.75. The molecule has 6 heteroatoms. The van der Waals surface area contributed by atoms with Crippen LogP contribution in [0.15, 0.2) is 0 Å². The lowest BCUT2D eigenvalue weighted by molar-refractivity contribution is -0.142. The van der Waals surface area contributed by atoms with Gasteiger partial charge in [0.2, 0.25) is 5.41 Å². The summed E-state index contributed by atoms with van der Waals surface area (Å²) >= 11 is 0. The van der Waals surface area contributed by atoms with Crippen molar-refractivity contribution in [2.75, 3.05) is 26.4 Å². The zero-order chi connectivity index (χ0) is 12.0. The molecule has 0 bridgehead atoms. The second-order valence-electron chi connectivity index (χ2n) is 3.37. The minimum Gasteiger partial charge on any atom is -0.370 e. The van der Waals surface area contributed by atoms with E-state index in [-0.39, 0.29) is 5.41 Å². The smallest absolute Gasteiger partial charge is 0.370 e. The molecule has 1 rings (SSSR count). The highest BCUT2D eigenvalue weighted by Crippen LogP contribution is 2.21. The molecule has 1 aliphatic rings. The third kappa shape index (κ3) is 2.89. The van der Waals surface area contributed by atoms with E-state index in [0.717, 1.165) is 6.42 Å². The van der Waals surface area contributed by atoms with Gasteiger partial charge in [0.25, 0.3) is 0 Å². The minimum absolute atomic E-state index is 0.135. The summed E-state index contributed by atoms with van der Waals surface area (Å²) in [5.74, 6) is 0. The minimum atomic E-state index is -3.20. The van der Waals surface area contributed by atoms with Crippen LogP contribution in [0, 0.1) is 0 Å². The van der Waals surface area contributed by atoms with Gasteiger partial charge in [-0.2, -0.15) is 0 Å². The van der Waals surface area contributed by atoms with Crippen LogP contribution in [-0.4, -0.2) is 46.7 Å². The summed E-state index contributed by atoms with van der Waals surface area (Å²) in [6, 6.07) is 0. The van der Waals surface area contributed by atoms with Gasteiger partial charge in [-0.05, 0) is 20.8 Å². The molecule has 94 valence electrons. The highest BCUT2D eigenvalue weighted by molar-refractivity contribution is 6.93. The van der Waals surface area contributed by atoms with Crippen LogP contribution in [-0.2, 0) is 22.8 Å². The van der Waals surface area contributed by atoms with Crippen LogP contribution >= 0.6 is 0 Å². The Bertz CT molecular complexity index is 212. The lowest BCUT2D eigenvalue weighted by atomic mass is 10.2. The number of rotatable bonds is 8. The molecule has 1 heterocycles. The van der Waals surface area contributed by atoms with Crippen LogP contribution in [0.1, 0.15) is 27.2 Å². The molecule has 0 radical (unpaired) electrons. The van der Waals surface area contributed by atoms with Crippen LogP contribution in [0.25, 0.3) is 0 Å². The first-order chi connectivity index (χ1) is 7.70. The molecule has 0 aromatic heterocycles. The van der Waals surface area contributed by atoms with Crippen LogP contribution in [0.3, 0.4) is 0 Å². The van der Waals surface area contributed by atoms with Gasteiger partial charge in [0.1, 0.15) is 6.10 Å². The van der Waals surface area contributed by atoms with Crippen molar-refractivity contribution in [1.82, 2.24) is 0 Å². The fraction of sp³-hybridized carbons (Fsp3) is 0.900. The molecule has 0 aromatic carbocycles. The molecule has 0 N–H and O–H groups in total. The standard InChI is InChI=1S/C10H20O5Si/c1-4-13-16(14-5-2,15-6-3)10(11)9-7-8-12-9/h9H,4-8H2,1-3H3. The van der Waals surface area contributed by atoms with E-state index in [0.29, 0.717) is 26.4 Å². The van der Waals surface area contributed by atoms with Gasteiger partial charge in [0, 0.05) is 26.2 Å². The first kappa shape index (κ1) is 13.8. The number of carbonyl (C=O) groups is 1. The average Bonchev–Trinajstić information content (AvgIpc) is 2.16. The predicted octanol–water partition coefficient (Wildman–Crippen LogP) is 0.932. The Kier molecular flexibility index (Phi) is 5.57. The van der Waals surface area contributed by atoms with E-state index in [1.165, 1.54) is 0 Å². The highest BCUT2D eigenvalue weighted by atomic mass is 28.4. The quantitative estimate of drug-likeness (QED) is 0.598. The molecule has 0 spiro atoms. The maximum atomic E-state index is 12.2. The lowest BCUT2D eigenvalue weighted by Gasteiger charge is -2.33. The van der Waals surface area contributed by atoms with E-state index in [2.05, 4.69) is 0 Å². The second kappa shape index (κ2) is 6.46. The van der Waals surface area contributed by atoms with Crippen molar-refractivity contribution >= 4 is 14.2 Å². The second-order valence-corrected chi connectivity index (χ2v) is 5.84. The summed E-state index contributed by atoms with van der Waals surface area (Å²) in [7, 11) is -3.20. The Labute approximate surface area is 97.4 Å². The summed E-state index contributed by atoms with van der Waals surface area (Å²) in [5.41, 5.74) is 0. The number of ether oxygens (including phenoxy) is 1. The Morgan fingerprint density at radius 2 is 1.62 bits per heavy atom. The van der Waals surface area contributed by atoms with Crippen molar-refractivity contribution < 1.29 is 22.8 Å². The predicted molar refractivity (Wildman–Crippen MR) is 60.0 cm³/mol. The average molecular weight is 248 g/mol. The molecule has 1 aliphatic heterocycles. The molecule has 1 fully saturated rings. The van der Waals surface area contributed by atoms with Crippen LogP contribution in [0.2, 0.25) is 0 Å². The van der Waals surface area contributed by atoms with Crippen molar-refractivity contribution in [2.45, 2.75) is 33.3 Å². The SMILES string of the molecule is CCO[Si](OCC)(OCC)C(=O)C1CCO1. The van der Waals surface area contributed by atoms with Crippen LogP contribution in [0.5, 0.6) is 0 Å². The van der Waals surface area contributed by atoms with E-state index in [9.17, 15) is 4.79 Å². The van der Waals surface area contributed by atoms with Crippen molar-refractivity contribution in [2.24, 2.45) is 0 Å². The van der Waals surface area contributed by atoms with Gasteiger partial charge in [0.15, 0.2) is 0 Å². The molecule has 16 heavy (non-hydrogen) atoms. The van der Waals surface area contributed by atoms with Gasteiger partial charge >= 0.3 is 8.80 Å². The molecular formula is C10H20O5Si. The number of hydrogen-bond donors (Lipinski definition) is 0. The van der Waals surface area contributed by atoms with Gasteiger partial charge in [-0.25, -0.2) is 0 Å². The monoisotopic (exact) mass is 248 g/mol. The Morgan fingerprint density at radius 1 is 1.19 bits per heavy atom. The van der Waals surface area contributed by atoms with E-state index in [1.54, 1.807) is 0 Å². The van der Waals surface area contributed by atoms with Gasteiger partial charge in [-0.1, -0.05) is 0 Å². The molecule has 5 nitrogen and oxygen atoms in total. The molecule has 1 saturated heterocycles. The zero-order valence-electron chi connectivity index (χ0n) is 10.2. The lowest BCUT2D eigenvalue weighted by Crippen LogP contribution is -2.60. The van der Waals surface area contributed by atoms with Gasteiger partial charge in [-0.15, -0.1) is 0 Å². The van der Waals surface area contributed by atoms with E-state index >= 15 is 0 Å². The van der Waals surface area contributed by atoms with Crippen molar-refractivity contribution in [3.8, 4) is 0 Å². The zero-order valence-corrected chi connectivity index (χ0v) is 11.2. The summed E-state index contributed by atoms with van der Waals surface area (Å²) < 4.78 is 21.7. The van der Waals surface area contributed by atoms with Gasteiger partial charge < -0.3 is 18.0 Å². The molecule has 0 amide bonds. The molecule has 1 atom stereocenters. The molecule has 1 unspecified atom stereocenters. The maximum absolute atomic E-state index is 12.2. The van der Waals surface area contributed by atoms with Crippen LogP contribution < -0.4 is 0 Å². The summed E-state index contributed by atoms with van der Waals surface area (Å²) in [6.45, 7) is 7.34. The maximum Gasteiger partial charge on any atom is 0.577 e. The Hall–Kier alpha value is -0.273. The normalized spacial score (nSPS) is 20.6. The summed E-state index contributed by atoms with van der Waals surface area (Å²) in [4.78, 5) is 12.2. The van der Waals surface area contributed by atoms with Crippen molar-refractivity contribution in [3.63, 3.8) is 0 Å². The van der Waals surface area contributed by atoms with E-state index < -0.39 is 14.9 Å². The van der Waals surface area contributed by atoms with E-state index in [4.69, 9.17) is 18.0 Å². The Morgan fingerprint density at radius 3 is 1.88 bits per heavy atom. The molecule has 0 aliphatic carbocycles. The van der Waals surface area contributed by atoms with E-state index in [1.807, 2.05) is 20.8 Å². The van der Waals surface area contributed by atoms with Crippen LogP contribution in [0.4, 0.5) is 0 Å². The largest absolute Gasteiger partial charge is 0.577 e. The highest BCUT2D eigenvalue weighted by Gasteiger charge is 2.54. The van der Waals surface area contributed by atoms with Gasteiger partial charge in [0.05, 0.1) is 6.61 Å². The number of hydrogen-bond acceptors (Lipinski definition) is 5. The first-order valence-electron chi connectivity index (χ1n) is 5.78. The molecule has 0 aromatic rings. The summed E-state index contributed by atoms with van der Waals surface area (Å²) in [6.07, 6.45) is 0.345. The summed E-state index contributed by atoms with van der Waals surface area (Å²) in [5, 5.41) is -0.135. The third-order valence-electron chi connectivity index (χ3n) is 2.30. The fourth-order valence-electron chi connectivity index (χ4n) is 1.55. The molecule has 0 saturated carbocycles. The van der Waals surface area contributed by atoms with Gasteiger partial charge in [-0.3, -0.25) is 4.79 Å². The fourth-order valence-corrected chi connectivity index (χ4v) is 3.99. The third-order valence-corrected chi connectivity index (χ3v) is 5.23. The van der Waals surface area contributed by atoms with Crippen molar-refractivity contribution in [1.29, 1.82) is 0 Å². The first-order valence-corrected chi connectivity index (χ1v) is 7.50. The number of carbonyl (C=O) groups excluding carboxylic acids is 1. The van der Waals surface area contributed by atoms with Crippen molar-refractivity contribution in [3.05, 3.63) is 0 Å². The topological polar surface area (TPSA) is 54.0 Å². The molecular weight excluding hydrogens is 228 g/mol.